The van der Waals surface area contributed by atoms with Gasteiger partial charge in [0.25, 0.3) is 5.91 Å². The van der Waals surface area contributed by atoms with Crippen molar-refractivity contribution in [2.45, 2.75) is 36.3 Å². The molecule has 2 atom stereocenters. The molecule has 4 nitrogen and oxygen atoms in total. The molecule has 0 heterocycles. The Morgan fingerprint density at radius 1 is 1.10 bits per heavy atom. The highest BCUT2D eigenvalue weighted by atomic mass is 32.2. The van der Waals surface area contributed by atoms with Gasteiger partial charge in [-0.05, 0) is 44.4 Å². The summed E-state index contributed by atoms with van der Waals surface area (Å²) in [4.78, 5) is 24.6. The molecule has 1 aliphatic rings. The molecule has 3 rings (SSSR count). The lowest BCUT2D eigenvalue weighted by Gasteiger charge is -2.20. The van der Waals surface area contributed by atoms with Gasteiger partial charge < -0.3 is 10.1 Å². The van der Waals surface area contributed by atoms with Crippen molar-refractivity contribution >= 4 is 29.3 Å². The minimum Gasteiger partial charge on any atom is -0.469 e. The van der Waals surface area contributed by atoms with Gasteiger partial charge in [-0.15, -0.1) is 11.8 Å². The number of carbonyl (C=O) groups excluding carboxylic acids is 2. The number of hydrogen-bond acceptors (Lipinski definition) is 4. The Kier molecular flexibility index (Phi) is 6.40. The van der Waals surface area contributed by atoms with Gasteiger partial charge in [-0.1, -0.05) is 0 Å². The van der Waals surface area contributed by atoms with E-state index in [1.165, 1.54) is 31.0 Å². The average molecular weight is 441 g/mol. The Labute approximate surface area is 175 Å². The minimum atomic E-state index is -1.64. The Bertz CT molecular complexity index is 977. The van der Waals surface area contributed by atoms with E-state index in [2.05, 4.69) is 5.32 Å². The first-order chi connectivity index (χ1) is 14.1. The van der Waals surface area contributed by atoms with Crippen molar-refractivity contribution in [2.75, 3.05) is 12.4 Å². The van der Waals surface area contributed by atoms with Crippen molar-refractivity contribution in [3.05, 3.63) is 59.2 Å². The minimum absolute atomic E-state index is 0.0396. The molecule has 0 bridgehead atoms. The second kappa shape index (κ2) is 8.67. The summed E-state index contributed by atoms with van der Waals surface area (Å²) < 4.78 is 58.8. The third-order valence-corrected chi connectivity index (χ3v) is 6.41. The predicted molar refractivity (Wildman–Crippen MR) is 104 cm³/mol. The Morgan fingerprint density at radius 3 is 2.40 bits per heavy atom. The molecular weight excluding hydrogens is 422 g/mol. The highest BCUT2D eigenvalue weighted by Gasteiger charge is 2.42. The third-order valence-electron chi connectivity index (χ3n) is 5.10. The standard InChI is InChI=1S/C21H19F4NO3S/c1-21(20(28)29-2)6-5-13(10-21)30-17-7-11(3-4-14(17)22)19(27)26-12-8-15(23)18(25)16(24)9-12/h3-4,7-9,13H,5-6,10H2,1-2H3,(H,26,27). The van der Waals surface area contributed by atoms with Crippen LogP contribution in [0.4, 0.5) is 23.2 Å². The fourth-order valence-corrected chi connectivity index (χ4v) is 4.89. The molecule has 0 radical (unpaired) electrons. The quantitative estimate of drug-likeness (QED) is 0.388. The molecule has 1 fully saturated rings. The highest BCUT2D eigenvalue weighted by molar-refractivity contribution is 8.00. The first-order valence-electron chi connectivity index (χ1n) is 9.13. The van der Waals surface area contributed by atoms with Gasteiger partial charge in [-0.3, -0.25) is 9.59 Å². The summed E-state index contributed by atoms with van der Waals surface area (Å²) in [6.07, 6.45) is 1.80. The van der Waals surface area contributed by atoms with Crippen LogP contribution in [0, 0.1) is 28.7 Å². The summed E-state index contributed by atoms with van der Waals surface area (Å²) in [5, 5.41) is 2.22. The Hall–Kier alpha value is -2.55. The lowest BCUT2D eigenvalue weighted by Crippen LogP contribution is -2.26. The van der Waals surface area contributed by atoms with Crippen LogP contribution in [0.3, 0.4) is 0 Å². The van der Waals surface area contributed by atoms with Crippen LogP contribution in [-0.2, 0) is 9.53 Å². The van der Waals surface area contributed by atoms with E-state index in [0.717, 1.165) is 6.07 Å². The van der Waals surface area contributed by atoms with E-state index in [0.29, 0.717) is 31.4 Å². The molecule has 2 aromatic carbocycles. The molecule has 0 saturated heterocycles. The summed E-state index contributed by atoms with van der Waals surface area (Å²) in [5.74, 6) is -6.07. The van der Waals surface area contributed by atoms with Crippen LogP contribution in [0.15, 0.2) is 35.2 Å². The number of amides is 1. The number of esters is 1. The molecule has 1 saturated carbocycles. The number of ether oxygens (including phenoxy) is 1. The van der Waals surface area contributed by atoms with E-state index >= 15 is 0 Å². The molecule has 0 aromatic heterocycles. The fourth-order valence-electron chi connectivity index (χ4n) is 3.46. The number of methoxy groups -OCH3 is 1. The first kappa shape index (κ1) is 22.1. The van der Waals surface area contributed by atoms with E-state index < -0.39 is 34.6 Å². The van der Waals surface area contributed by atoms with Crippen molar-refractivity contribution in [3.8, 4) is 0 Å². The largest absolute Gasteiger partial charge is 0.469 e. The topological polar surface area (TPSA) is 55.4 Å². The number of benzene rings is 2. The van der Waals surface area contributed by atoms with Crippen LogP contribution >= 0.6 is 11.8 Å². The second-order valence-electron chi connectivity index (χ2n) is 7.39. The van der Waals surface area contributed by atoms with Crippen LogP contribution < -0.4 is 5.32 Å². The zero-order chi connectivity index (χ0) is 22.1. The lowest BCUT2D eigenvalue weighted by atomic mass is 9.89. The third kappa shape index (κ3) is 4.61. The normalized spacial score (nSPS) is 20.8. The van der Waals surface area contributed by atoms with Gasteiger partial charge in [0.05, 0.1) is 12.5 Å². The summed E-state index contributed by atoms with van der Waals surface area (Å²) in [6.45, 7) is 1.81. The second-order valence-corrected chi connectivity index (χ2v) is 8.73. The van der Waals surface area contributed by atoms with Gasteiger partial charge in [-0.25, -0.2) is 17.6 Å². The Balaban J connectivity index is 1.74. The van der Waals surface area contributed by atoms with Gasteiger partial charge in [-0.2, -0.15) is 0 Å². The van der Waals surface area contributed by atoms with Crippen molar-refractivity contribution in [3.63, 3.8) is 0 Å². The van der Waals surface area contributed by atoms with Crippen molar-refractivity contribution < 1.29 is 31.9 Å². The van der Waals surface area contributed by atoms with Gasteiger partial charge in [0, 0.05) is 33.5 Å². The number of anilines is 1. The number of halogens is 4. The van der Waals surface area contributed by atoms with Crippen molar-refractivity contribution in [2.24, 2.45) is 5.41 Å². The van der Waals surface area contributed by atoms with Crippen LogP contribution in [0.2, 0.25) is 0 Å². The summed E-state index contributed by atoms with van der Waals surface area (Å²) >= 11 is 1.22. The van der Waals surface area contributed by atoms with Gasteiger partial charge in [0.1, 0.15) is 5.82 Å². The maximum atomic E-state index is 14.3. The van der Waals surface area contributed by atoms with E-state index in [1.807, 2.05) is 0 Å². The summed E-state index contributed by atoms with van der Waals surface area (Å²) in [5.41, 5.74) is -0.827. The molecule has 0 spiro atoms. The van der Waals surface area contributed by atoms with Gasteiger partial charge in [0.15, 0.2) is 17.5 Å². The monoisotopic (exact) mass is 441 g/mol. The molecule has 2 unspecified atom stereocenters. The average Bonchev–Trinajstić information content (AvgIpc) is 3.08. The molecule has 9 heteroatoms. The molecule has 1 N–H and O–H groups in total. The number of hydrogen-bond donors (Lipinski definition) is 1. The summed E-state index contributed by atoms with van der Waals surface area (Å²) in [7, 11) is 1.33. The number of carbonyl (C=O) groups is 2. The van der Waals surface area contributed by atoms with Crippen molar-refractivity contribution in [1.29, 1.82) is 0 Å². The van der Waals surface area contributed by atoms with E-state index in [4.69, 9.17) is 4.74 Å². The SMILES string of the molecule is COC(=O)C1(C)CCC(Sc2cc(C(=O)Nc3cc(F)c(F)c(F)c3)ccc2F)C1. The zero-order valence-electron chi connectivity index (χ0n) is 16.2. The van der Waals surface area contributed by atoms with Crippen LogP contribution in [0.25, 0.3) is 0 Å². The number of rotatable bonds is 5. The van der Waals surface area contributed by atoms with Crippen molar-refractivity contribution in [1.82, 2.24) is 0 Å². The summed E-state index contributed by atoms with van der Waals surface area (Å²) in [6, 6.07) is 5.00. The van der Waals surface area contributed by atoms with E-state index in [-0.39, 0.29) is 27.4 Å². The molecule has 0 aliphatic heterocycles. The van der Waals surface area contributed by atoms with Gasteiger partial charge >= 0.3 is 5.97 Å². The molecule has 30 heavy (non-hydrogen) atoms. The fraction of sp³-hybridized carbons (Fsp3) is 0.333. The number of nitrogens with one attached hydrogen (secondary N) is 1. The molecule has 1 amide bonds. The van der Waals surface area contributed by atoms with E-state index in [9.17, 15) is 27.2 Å². The molecule has 1 aliphatic carbocycles. The van der Waals surface area contributed by atoms with Gasteiger partial charge in [0.2, 0.25) is 0 Å². The zero-order valence-corrected chi connectivity index (χ0v) is 17.0. The lowest BCUT2D eigenvalue weighted by molar-refractivity contribution is -0.151. The molecule has 2 aromatic rings. The Morgan fingerprint density at radius 2 is 1.77 bits per heavy atom. The maximum Gasteiger partial charge on any atom is 0.311 e. The molecular formula is C21H19F4NO3S. The number of thioether (sulfide) groups is 1. The first-order valence-corrected chi connectivity index (χ1v) is 10.0. The maximum absolute atomic E-state index is 14.3. The van der Waals surface area contributed by atoms with Crippen LogP contribution in [0.1, 0.15) is 36.5 Å². The van der Waals surface area contributed by atoms with Crippen LogP contribution in [-0.4, -0.2) is 24.2 Å². The van der Waals surface area contributed by atoms with E-state index in [1.54, 1.807) is 6.92 Å². The molecule has 160 valence electrons. The highest BCUT2D eigenvalue weighted by Crippen LogP contribution is 2.46. The van der Waals surface area contributed by atoms with Crippen LogP contribution in [0.5, 0.6) is 0 Å². The smallest absolute Gasteiger partial charge is 0.311 e. The predicted octanol–water partition coefficient (Wildman–Crippen LogP) is 5.32.